The molecule has 0 aromatic heterocycles. The van der Waals surface area contributed by atoms with Crippen molar-refractivity contribution < 1.29 is 0 Å². The van der Waals surface area contributed by atoms with Gasteiger partial charge in [-0.3, -0.25) is 0 Å². The van der Waals surface area contributed by atoms with Gasteiger partial charge in [0.05, 0.1) is 0 Å². The van der Waals surface area contributed by atoms with Gasteiger partial charge < -0.3 is 5.32 Å². The molecule has 0 aromatic rings. The van der Waals surface area contributed by atoms with Crippen molar-refractivity contribution in [3.05, 3.63) is 12.2 Å². The van der Waals surface area contributed by atoms with E-state index < -0.39 is 0 Å². The molecule has 1 nitrogen and oxygen atoms in total. The lowest BCUT2D eigenvalue weighted by molar-refractivity contribution is 0.394. The van der Waals surface area contributed by atoms with E-state index in [-0.39, 0.29) is 0 Å². The molecule has 0 spiro atoms. The molecule has 16 heavy (non-hydrogen) atoms. The predicted octanol–water partition coefficient (Wildman–Crippen LogP) is 4.54. The van der Waals surface area contributed by atoms with Gasteiger partial charge in [-0.25, -0.2) is 0 Å². The van der Waals surface area contributed by atoms with E-state index in [1.165, 1.54) is 32.1 Å². The molecule has 0 radical (unpaired) electrons. The van der Waals surface area contributed by atoms with Crippen LogP contribution in [0, 0.1) is 5.41 Å². The highest BCUT2D eigenvalue weighted by Gasteiger charge is 2.14. The number of hydrogen-bond donors (Lipinski definition) is 1. The molecule has 0 saturated heterocycles. The number of nitrogens with one attached hydrogen (secondary N) is 1. The number of hydrogen-bond acceptors (Lipinski definition) is 1. The highest BCUT2D eigenvalue weighted by atomic mass is 14.9. The second-order valence-corrected chi connectivity index (χ2v) is 5.22. The minimum Gasteiger partial charge on any atom is -0.311 e. The molecule has 0 aliphatic rings. The van der Waals surface area contributed by atoms with Crippen molar-refractivity contribution >= 4 is 0 Å². The third kappa shape index (κ3) is 7.05. The minimum atomic E-state index is 0.397. The van der Waals surface area contributed by atoms with Crippen LogP contribution < -0.4 is 5.32 Å². The fourth-order valence-corrected chi connectivity index (χ4v) is 1.71. The Morgan fingerprint density at radius 1 is 1.19 bits per heavy atom. The summed E-state index contributed by atoms with van der Waals surface area (Å²) in [7, 11) is 0. The van der Waals surface area contributed by atoms with Crippen LogP contribution in [0.4, 0.5) is 0 Å². The summed E-state index contributed by atoms with van der Waals surface area (Å²) in [5.41, 5.74) is 0.397. The lowest BCUT2D eigenvalue weighted by atomic mass is 9.84. The van der Waals surface area contributed by atoms with Crippen LogP contribution in [0.1, 0.15) is 66.7 Å². The first-order chi connectivity index (χ1) is 7.58. The summed E-state index contributed by atoms with van der Waals surface area (Å²) in [6.45, 7) is 12.4. The first kappa shape index (κ1) is 15.7. The Bertz CT molecular complexity index is 180. The van der Waals surface area contributed by atoms with Gasteiger partial charge in [0.1, 0.15) is 0 Å². The van der Waals surface area contributed by atoms with E-state index in [9.17, 15) is 0 Å². The summed E-state index contributed by atoms with van der Waals surface area (Å²) in [5, 5.41) is 3.55. The normalized spacial score (nSPS) is 14.6. The molecule has 1 N–H and O–H groups in total. The van der Waals surface area contributed by atoms with Gasteiger partial charge in [0.25, 0.3) is 0 Å². The molecule has 1 heteroatoms. The van der Waals surface area contributed by atoms with Crippen molar-refractivity contribution in [1.29, 1.82) is 0 Å². The zero-order valence-electron chi connectivity index (χ0n) is 12.0. The second-order valence-electron chi connectivity index (χ2n) is 5.22. The first-order valence-electron chi connectivity index (χ1n) is 6.99. The molecule has 1 unspecified atom stereocenters. The van der Waals surface area contributed by atoms with Crippen LogP contribution in [-0.4, -0.2) is 12.6 Å². The lowest BCUT2D eigenvalue weighted by Gasteiger charge is -2.22. The van der Waals surface area contributed by atoms with E-state index in [1.807, 2.05) is 0 Å². The average Bonchev–Trinajstić information content (AvgIpc) is 2.31. The van der Waals surface area contributed by atoms with Crippen LogP contribution in [0.2, 0.25) is 0 Å². The number of unbranched alkanes of at least 4 members (excludes halogenated alkanes) is 1. The van der Waals surface area contributed by atoms with Gasteiger partial charge in [0.15, 0.2) is 0 Å². The fourth-order valence-electron chi connectivity index (χ4n) is 1.71. The van der Waals surface area contributed by atoms with Crippen LogP contribution in [0.15, 0.2) is 12.2 Å². The molecule has 1 atom stereocenters. The summed E-state index contributed by atoms with van der Waals surface area (Å²) in [5.74, 6) is 0. The Kier molecular flexibility index (Phi) is 8.64. The van der Waals surface area contributed by atoms with Crippen molar-refractivity contribution in [3.8, 4) is 0 Å². The quantitative estimate of drug-likeness (QED) is 0.568. The van der Waals surface area contributed by atoms with Crippen molar-refractivity contribution in [1.82, 2.24) is 5.32 Å². The largest absolute Gasteiger partial charge is 0.311 e. The molecule has 0 amide bonds. The summed E-state index contributed by atoms with van der Waals surface area (Å²) < 4.78 is 0. The van der Waals surface area contributed by atoms with E-state index in [1.54, 1.807) is 0 Å². The van der Waals surface area contributed by atoms with Crippen LogP contribution >= 0.6 is 0 Å². The van der Waals surface area contributed by atoms with Crippen LogP contribution in [0.3, 0.4) is 0 Å². The topological polar surface area (TPSA) is 12.0 Å². The molecule has 0 aliphatic heterocycles. The zero-order chi connectivity index (χ0) is 12.4. The third-order valence-corrected chi connectivity index (χ3v) is 3.71. The molecule has 0 saturated carbocycles. The standard InChI is InChI=1S/C15H31N/c1-6-9-11-14(4)16-13-10-12-15(5,7-2)8-3/h10,12,14,16H,6-9,11,13H2,1-5H3/b12-10-. The highest BCUT2D eigenvalue weighted by Crippen LogP contribution is 2.26. The summed E-state index contributed by atoms with van der Waals surface area (Å²) in [4.78, 5) is 0. The number of rotatable bonds is 9. The average molecular weight is 225 g/mol. The maximum absolute atomic E-state index is 3.55. The van der Waals surface area contributed by atoms with Crippen molar-refractivity contribution in [2.45, 2.75) is 72.8 Å². The molecule has 0 bridgehead atoms. The monoisotopic (exact) mass is 225 g/mol. The highest BCUT2D eigenvalue weighted by molar-refractivity contribution is 4.97. The van der Waals surface area contributed by atoms with Crippen LogP contribution in [0.5, 0.6) is 0 Å². The SMILES string of the molecule is CCCCC(C)NC/C=C\C(C)(CC)CC. The zero-order valence-corrected chi connectivity index (χ0v) is 12.0. The maximum Gasteiger partial charge on any atom is 0.0137 e. The maximum atomic E-state index is 3.55. The number of allylic oxidation sites excluding steroid dienone is 1. The van der Waals surface area contributed by atoms with Gasteiger partial charge in [0.2, 0.25) is 0 Å². The van der Waals surface area contributed by atoms with Gasteiger partial charge in [0, 0.05) is 12.6 Å². The first-order valence-corrected chi connectivity index (χ1v) is 6.99. The van der Waals surface area contributed by atoms with Gasteiger partial charge >= 0.3 is 0 Å². The van der Waals surface area contributed by atoms with Gasteiger partial charge in [-0.15, -0.1) is 0 Å². The van der Waals surface area contributed by atoms with Crippen molar-refractivity contribution in [2.75, 3.05) is 6.54 Å². The predicted molar refractivity (Wildman–Crippen MR) is 74.8 cm³/mol. The minimum absolute atomic E-state index is 0.397. The van der Waals surface area contributed by atoms with Gasteiger partial charge in [-0.05, 0) is 31.6 Å². The fraction of sp³-hybridized carbons (Fsp3) is 0.867. The molecule has 0 aliphatic carbocycles. The molecule has 96 valence electrons. The van der Waals surface area contributed by atoms with E-state index in [2.05, 4.69) is 52.1 Å². The Morgan fingerprint density at radius 2 is 1.81 bits per heavy atom. The van der Waals surface area contributed by atoms with Gasteiger partial charge in [-0.2, -0.15) is 0 Å². The van der Waals surface area contributed by atoms with Crippen molar-refractivity contribution in [2.24, 2.45) is 5.41 Å². The summed E-state index contributed by atoms with van der Waals surface area (Å²) in [6.07, 6.45) is 11.1. The molecular weight excluding hydrogens is 194 g/mol. The second kappa shape index (κ2) is 8.81. The van der Waals surface area contributed by atoms with Crippen LogP contribution in [-0.2, 0) is 0 Å². The Balaban J connectivity index is 3.75. The van der Waals surface area contributed by atoms with E-state index >= 15 is 0 Å². The molecule has 0 aromatic carbocycles. The van der Waals surface area contributed by atoms with Crippen molar-refractivity contribution in [3.63, 3.8) is 0 Å². The molecular formula is C15H31N. The molecule has 0 rings (SSSR count). The summed E-state index contributed by atoms with van der Waals surface area (Å²) >= 11 is 0. The third-order valence-electron chi connectivity index (χ3n) is 3.71. The Hall–Kier alpha value is -0.300. The van der Waals surface area contributed by atoms with Crippen LogP contribution in [0.25, 0.3) is 0 Å². The Morgan fingerprint density at radius 3 is 2.31 bits per heavy atom. The smallest absolute Gasteiger partial charge is 0.0137 e. The van der Waals surface area contributed by atoms with Gasteiger partial charge in [-0.1, -0.05) is 52.7 Å². The molecule has 0 fully saturated rings. The lowest BCUT2D eigenvalue weighted by Crippen LogP contribution is -2.26. The Labute approximate surface area is 103 Å². The summed E-state index contributed by atoms with van der Waals surface area (Å²) in [6, 6.07) is 0.652. The molecule has 0 heterocycles. The van der Waals surface area contributed by atoms with E-state index in [0.717, 1.165) is 6.54 Å². The van der Waals surface area contributed by atoms with E-state index in [4.69, 9.17) is 0 Å². The van der Waals surface area contributed by atoms with E-state index in [0.29, 0.717) is 11.5 Å².